The highest BCUT2D eigenvalue weighted by Crippen LogP contribution is 2.29. The molecule has 0 spiro atoms. The van der Waals surface area contributed by atoms with Crippen molar-refractivity contribution in [1.82, 2.24) is 9.80 Å². The van der Waals surface area contributed by atoms with Crippen molar-refractivity contribution in [2.45, 2.75) is 45.1 Å². The molecule has 0 saturated carbocycles. The second-order valence-corrected chi connectivity index (χ2v) is 8.07. The average Bonchev–Trinajstić information content (AvgIpc) is 3.12. The second-order valence-electron chi connectivity index (χ2n) is 8.07. The van der Waals surface area contributed by atoms with Crippen LogP contribution in [0.3, 0.4) is 0 Å². The van der Waals surface area contributed by atoms with Crippen LogP contribution in [0.2, 0.25) is 0 Å². The smallest absolute Gasteiger partial charge is 0.289 e. The van der Waals surface area contributed by atoms with Crippen LogP contribution in [-0.2, 0) is 13.0 Å². The molecular weight excluding hydrogens is 352 g/mol. The molecule has 0 radical (unpaired) electrons. The molecule has 1 unspecified atom stereocenters. The van der Waals surface area contributed by atoms with Gasteiger partial charge in [0, 0.05) is 13.1 Å². The SMILES string of the molecule is COc1ccc2c(c1)C(C)CN(C(=O)c1ccc(CN3CCCCC3)o1)CC2. The molecule has 1 fully saturated rings. The molecule has 2 aliphatic rings. The first-order valence-corrected chi connectivity index (χ1v) is 10.4. The number of piperidine rings is 1. The summed E-state index contributed by atoms with van der Waals surface area (Å²) in [6.45, 7) is 6.62. The van der Waals surface area contributed by atoms with E-state index in [4.69, 9.17) is 9.15 Å². The predicted molar refractivity (Wildman–Crippen MR) is 109 cm³/mol. The fourth-order valence-electron chi connectivity index (χ4n) is 4.42. The number of nitrogens with zero attached hydrogens (tertiary/aromatic N) is 2. The zero-order valence-corrected chi connectivity index (χ0v) is 16.9. The highest BCUT2D eigenvalue weighted by Gasteiger charge is 2.26. The zero-order chi connectivity index (χ0) is 19.5. The molecule has 4 rings (SSSR count). The fourth-order valence-corrected chi connectivity index (χ4v) is 4.42. The molecule has 0 N–H and O–H groups in total. The zero-order valence-electron chi connectivity index (χ0n) is 16.9. The number of carbonyl (C=O) groups is 1. The molecular formula is C23H30N2O3. The van der Waals surface area contributed by atoms with Gasteiger partial charge in [0.15, 0.2) is 5.76 Å². The van der Waals surface area contributed by atoms with E-state index >= 15 is 0 Å². The summed E-state index contributed by atoms with van der Waals surface area (Å²) in [5.74, 6) is 2.48. The van der Waals surface area contributed by atoms with Crippen LogP contribution in [0.15, 0.2) is 34.7 Å². The lowest BCUT2D eigenvalue weighted by Crippen LogP contribution is -2.34. The standard InChI is InChI=1S/C23H30N2O3/c1-17-15-25(13-10-18-6-7-19(27-2)14-21(17)18)23(26)22-9-8-20(28-22)16-24-11-4-3-5-12-24/h6-9,14,17H,3-5,10-13,15-16H2,1-2H3. The third-order valence-electron chi connectivity index (χ3n) is 6.02. The predicted octanol–water partition coefficient (Wildman–Crippen LogP) is 4.08. The Bertz CT molecular complexity index is 823. The number of carbonyl (C=O) groups excluding carboxylic acids is 1. The van der Waals surface area contributed by atoms with Crippen LogP contribution in [0.1, 0.15) is 59.5 Å². The van der Waals surface area contributed by atoms with Gasteiger partial charge in [0.1, 0.15) is 11.5 Å². The summed E-state index contributed by atoms with van der Waals surface area (Å²) in [5.41, 5.74) is 2.58. The highest BCUT2D eigenvalue weighted by atomic mass is 16.5. The molecule has 3 heterocycles. The largest absolute Gasteiger partial charge is 0.497 e. The number of hydrogen-bond donors (Lipinski definition) is 0. The van der Waals surface area contributed by atoms with Gasteiger partial charge in [-0.15, -0.1) is 0 Å². The summed E-state index contributed by atoms with van der Waals surface area (Å²) in [6.07, 6.45) is 4.68. The maximum Gasteiger partial charge on any atom is 0.289 e. The summed E-state index contributed by atoms with van der Waals surface area (Å²) in [7, 11) is 1.69. The van der Waals surface area contributed by atoms with E-state index < -0.39 is 0 Å². The van der Waals surface area contributed by atoms with Gasteiger partial charge in [0.05, 0.1) is 13.7 Å². The lowest BCUT2D eigenvalue weighted by molar-refractivity contribution is 0.0717. The number of furan rings is 1. The first-order chi connectivity index (χ1) is 13.6. The molecule has 28 heavy (non-hydrogen) atoms. The highest BCUT2D eigenvalue weighted by molar-refractivity contribution is 5.91. The Morgan fingerprint density at radius 2 is 1.96 bits per heavy atom. The Kier molecular flexibility index (Phi) is 5.72. The van der Waals surface area contributed by atoms with Gasteiger partial charge < -0.3 is 14.1 Å². The third kappa shape index (κ3) is 4.09. The van der Waals surface area contributed by atoms with Crippen LogP contribution < -0.4 is 4.74 Å². The van der Waals surface area contributed by atoms with Gasteiger partial charge >= 0.3 is 0 Å². The van der Waals surface area contributed by atoms with E-state index in [2.05, 4.69) is 24.0 Å². The number of fused-ring (bicyclic) bond motifs is 1. The summed E-state index contributed by atoms with van der Waals surface area (Å²) >= 11 is 0. The maximum absolute atomic E-state index is 13.1. The van der Waals surface area contributed by atoms with Crippen molar-refractivity contribution < 1.29 is 13.9 Å². The van der Waals surface area contributed by atoms with E-state index in [1.54, 1.807) is 7.11 Å². The van der Waals surface area contributed by atoms with Crippen LogP contribution in [-0.4, -0.2) is 49.0 Å². The lowest BCUT2D eigenvalue weighted by Gasteiger charge is -2.25. The van der Waals surface area contributed by atoms with Crippen molar-refractivity contribution in [3.05, 3.63) is 53.0 Å². The Morgan fingerprint density at radius 1 is 1.14 bits per heavy atom. The van der Waals surface area contributed by atoms with Crippen LogP contribution in [0.5, 0.6) is 5.75 Å². The molecule has 0 aliphatic carbocycles. The molecule has 0 bridgehead atoms. The number of hydrogen-bond acceptors (Lipinski definition) is 4. The molecule has 2 aliphatic heterocycles. The summed E-state index contributed by atoms with van der Waals surface area (Å²) in [6, 6.07) is 10.0. The Labute approximate surface area is 167 Å². The molecule has 1 saturated heterocycles. The minimum atomic E-state index is -0.00323. The molecule has 150 valence electrons. The van der Waals surface area contributed by atoms with Crippen molar-refractivity contribution >= 4 is 5.91 Å². The number of ether oxygens (including phenoxy) is 1. The summed E-state index contributed by atoms with van der Waals surface area (Å²) in [5, 5.41) is 0. The van der Waals surface area contributed by atoms with Gasteiger partial charge in [0.2, 0.25) is 0 Å². The minimum Gasteiger partial charge on any atom is -0.497 e. The van der Waals surface area contributed by atoms with E-state index in [9.17, 15) is 4.79 Å². The molecule has 2 aromatic rings. The Morgan fingerprint density at radius 3 is 2.75 bits per heavy atom. The molecule has 5 nitrogen and oxygen atoms in total. The van der Waals surface area contributed by atoms with Crippen molar-refractivity contribution in [2.24, 2.45) is 0 Å². The summed E-state index contributed by atoms with van der Waals surface area (Å²) in [4.78, 5) is 17.4. The van der Waals surface area contributed by atoms with E-state index in [1.165, 1.54) is 30.4 Å². The van der Waals surface area contributed by atoms with Gasteiger partial charge in [-0.3, -0.25) is 9.69 Å². The number of likely N-dealkylation sites (tertiary alicyclic amines) is 1. The number of amides is 1. The Hall–Kier alpha value is -2.27. The third-order valence-corrected chi connectivity index (χ3v) is 6.02. The van der Waals surface area contributed by atoms with Crippen LogP contribution in [0, 0.1) is 0 Å². The van der Waals surface area contributed by atoms with Crippen molar-refractivity contribution in [2.75, 3.05) is 33.3 Å². The monoisotopic (exact) mass is 382 g/mol. The average molecular weight is 383 g/mol. The van der Waals surface area contributed by atoms with Crippen LogP contribution in [0.4, 0.5) is 0 Å². The second kappa shape index (κ2) is 8.39. The van der Waals surface area contributed by atoms with Gasteiger partial charge in [-0.1, -0.05) is 19.4 Å². The fraction of sp³-hybridized carbons (Fsp3) is 0.522. The topological polar surface area (TPSA) is 45.9 Å². The van der Waals surface area contributed by atoms with Crippen molar-refractivity contribution in [1.29, 1.82) is 0 Å². The molecule has 5 heteroatoms. The van der Waals surface area contributed by atoms with Crippen molar-refractivity contribution in [3.8, 4) is 5.75 Å². The van der Waals surface area contributed by atoms with Gasteiger partial charge in [0.25, 0.3) is 5.91 Å². The minimum absolute atomic E-state index is 0.00323. The molecule has 1 amide bonds. The first kappa shape index (κ1) is 19.1. The van der Waals surface area contributed by atoms with E-state index in [-0.39, 0.29) is 11.8 Å². The number of benzene rings is 1. The maximum atomic E-state index is 13.1. The van der Waals surface area contributed by atoms with Crippen LogP contribution >= 0.6 is 0 Å². The van der Waals surface area contributed by atoms with Crippen LogP contribution in [0.25, 0.3) is 0 Å². The molecule has 1 aromatic heterocycles. The summed E-state index contributed by atoms with van der Waals surface area (Å²) < 4.78 is 11.3. The molecule has 1 aromatic carbocycles. The van der Waals surface area contributed by atoms with Crippen molar-refractivity contribution in [3.63, 3.8) is 0 Å². The van der Waals surface area contributed by atoms with Gasteiger partial charge in [-0.05, 0) is 73.7 Å². The van der Waals surface area contributed by atoms with E-state index in [0.29, 0.717) is 18.8 Å². The van der Waals surface area contributed by atoms with Gasteiger partial charge in [-0.25, -0.2) is 0 Å². The van der Waals surface area contributed by atoms with E-state index in [1.807, 2.05) is 23.1 Å². The van der Waals surface area contributed by atoms with E-state index in [0.717, 1.165) is 37.6 Å². The quantitative estimate of drug-likeness (QED) is 0.799. The first-order valence-electron chi connectivity index (χ1n) is 10.4. The lowest BCUT2D eigenvalue weighted by atomic mass is 9.95. The normalized spacial score (nSPS) is 20.5. The number of rotatable bonds is 4. The Balaban J connectivity index is 1.44. The van der Waals surface area contributed by atoms with Gasteiger partial charge in [-0.2, -0.15) is 0 Å². The number of methoxy groups -OCH3 is 1. The molecule has 1 atom stereocenters.